The molecule has 0 amide bonds. The zero-order chi connectivity index (χ0) is 18.4. The van der Waals surface area contributed by atoms with Gasteiger partial charge in [0.15, 0.2) is 0 Å². The van der Waals surface area contributed by atoms with Crippen LogP contribution < -0.4 is 8.44 Å². The second-order valence-electron chi connectivity index (χ2n) is 7.01. The van der Waals surface area contributed by atoms with Crippen molar-refractivity contribution in [3.05, 3.63) is 21.0 Å². The van der Waals surface area contributed by atoms with Gasteiger partial charge in [-0.15, -0.1) is 0 Å². The molecule has 7 heteroatoms. The molecule has 0 aromatic carbocycles. The van der Waals surface area contributed by atoms with Gasteiger partial charge in [0.1, 0.15) is 0 Å². The van der Waals surface area contributed by atoms with Crippen molar-refractivity contribution in [2.75, 3.05) is 0 Å². The second kappa shape index (κ2) is 6.61. The van der Waals surface area contributed by atoms with Crippen LogP contribution in [-0.4, -0.2) is 42.4 Å². The number of imidazole rings is 1. The van der Waals surface area contributed by atoms with Gasteiger partial charge in [-0.05, 0) is 0 Å². The SMILES string of the molecule is Cc1c(C)[n+](C(C)C)c([Te]C2=C(O)OC(C)(C)OC2=O)n1C(C)C. The summed E-state index contributed by atoms with van der Waals surface area (Å²) in [5, 5.41) is 10.2. The molecule has 24 heavy (non-hydrogen) atoms. The molecule has 0 saturated carbocycles. The molecule has 134 valence electrons. The van der Waals surface area contributed by atoms with Gasteiger partial charge in [-0.3, -0.25) is 0 Å². The number of hydrogen-bond donors (Lipinski definition) is 1. The van der Waals surface area contributed by atoms with Gasteiger partial charge in [0.05, 0.1) is 0 Å². The number of aliphatic hydroxyl groups is 1. The van der Waals surface area contributed by atoms with Crippen molar-refractivity contribution >= 4 is 30.8 Å². The average molecular weight is 451 g/mol. The molecule has 0 saturated heterocycles. The molecule has 0 unspecified atom stereocenters. The number of esters is 1. The topological polar surface area (TPSA) is 64.6 Å². The van der Waals surface area contributed by atoms with Crippen LogP contribution in [0.4, 0.5) is 0 Å². The molecular weight excluding hydrogens is 424 g/mol. The Morgan fingerprint density at radius 2 is 1.75 bits per heavy atom. The molecule has 0 aliphatic carbocycles. The Morgan fingerprint density at radius 3 is 2.21 bits per heavy atom. The Morgan fingerprint density at radius 1 is 1.17 bits per heavy atom. The number of carbonyl (C=O) groups is 1. The first-order chi connectivity index (χ1) is 11.0. The van der Waals surface area contributed by atoms with Crippen LogP contribution in [0.3, 0.4) is 0 Å². The first-order valence-corrected chi connectivity index (χ1v) is 10.5. The van der Waals surface area contributed by atoms with Crippen molar-refractivity contribution in [2.45, 2.75) is 73.3 Å². The van der Waals surface area contributed by atoms with Crippen LogP contribution in [0.15, 0.2) is 9.57 Å². The molecule has 2 rings (SSSR count). The van der Waals surface area contributed by atoms with Crippen LogP contribution >= 0.6 is 0 Å². The van der Waals surface area contributed by atoms with Crippen LogP contribution in [0.1, 0.15) is 65.0 Å². The molecule has 1 aliphatic rings. The van der Waals surface area contributed by atoms with E-state index in [-0.39, 0.29) is 21.6 Å². The molecule has 0 spiro atoms. The summed E-state index contributed by atoms with van der Waals surface area (Å²) >= 11 is -1.19. The molecule has 1 N–H and O–H groups in total. The summed E-state index contributed by atoms with van der Waals surface area (Å²) in [5.41, 5.74) is 2.37. The Balaban J connectivity index is 2.57. The number of aliphatic hydroxyl groups excluding tert-OH is 1. The molecule has 2 heterocycles. The predicted octanol–water partition coefficient (Wildman–Crippen LogP) is 1.92. The number of hydrogen-bond acceptors (Lipinski definition) is 4. The minimum atomic E-state index is -1.19. The summed E-state index contributed by atoms with van der Waals surface area (Å²) in [6.07, 6.45) is 0. The van der Waals surface area contributed by atoms with E-state index in [1.807, 2.05) is 0 Å². The van der Waals surface area contributed by atoms with Gasteiger partial charge in [0.25, 0.3) is 0 Å². The third-order valence-corrected chi connectivity index (χ3v) is 7.15. The van der Waals surface area contributed by atoms with Crippen LogP contribution in [-0.2, 0) is 14.3 Å². The fourth-order valence-corrected chi connectivity index (χ4v) is 6.69. The van der Waals surface area contributed by atoms with Gasteiger partial charge in [-0.25, -0.2) is 0 Å². The number of aromatic nitrogens is 2. The number of cyclic esters (lactones) is 1. The quantitative estimate of drug-likeness (QED) is 0.432. The molecule has 1 aromatic heterocycles. The normalized spacial score (nSPS) is 17.5. The molecule has 1 aromatic rings. The maximum absolute atomic E-state index is 12.4. The summed E-state index contributed by atoms with van der Waals surface area (Å²) in [5.74, 6) is -1.90. The van der Waals surface area contributed by atoms with Crippen molar-refractivity contribution in [1.29, 1.82) is 0 Å². The van der Waals surface area contributed by atoms with E-state index in [0.29, 0.717) is 0 Å². The Labute approximate surface area is 153 Å². The van der Waals surface area contributed by atoms with E-state index < -0.39 is 32.7 Å². The van der Waals surface area contributed by atoms with Gasteiger partial charge in [0.2, 0.25) is 0 Å². The summed E-state index contributed by atoms with van der Waals surface area (Å²) < 4.78 is 16.6. The zero-order valence-electron chi connectivity index (χ0n) is 15.6. The van der Waals surface area contributed by atoms with Crippen LogP contribution in [0, 0.1) is 13.8 Å². The van der Waals surface area contributed by atoms with E-state index >= 15 is 0 Å². The summed E-state index contributed by atoms with van der Waals surface area (Å²) in [6.45, 7) is 15.9. The van der Waals surface area contributed by atoms with Crippen molar-refractivity contribution in [1.82, 2.24) is 4.57 Å². The van der Waals surface area contributed by atoms with Gasteiger partial charge < -0.3 is 0 Å². The average Bonchev–Trinajstić information content (AvgIpc) is 2.64. The molecule has 0 bridgehead atoms. The van der Waals surface area contributed by atoms with Gasteiger partial charge in [-0.1, -0.05) is 0 Å². The molecular formula is C17H27N2O4Te+. The minimum absolute atomic E-state index is 0.267. The van der Waals surface area contributed by atoms with E-state index in [4.69, 9.17) is 9.47 Å². The van der Waals surface area contributed by atoms with Crippen molar-refractivity contribution in [3.8, 4) is 0 Å². The first kappa shape index (κ1) is 19.1. The number of carbonyl (C=O) groups excluding carboxylic acids is 1. The van der Waals surface area contributed by atoms with E-state index in [1.54, 1.807) is 13.8 Å². The van der Waals surface area contributed by atoms with Crippen molar-refractivity contribution in [3.63, 3.8) is 0 Å². The number of nitrogens with zero attached hydrogens (tertiary/aromatic N) is 2. The molecule has 6 nitrogen and oxygen atoms in total. The van der Waals surface area contributed by atoms with Crippen LogP contribution in [0.2, 0.25) is 0 Å². The standard InChI is InChI=1S/C17H26N2O4Te/c1-9(2)18-11(5)12(6)19(10(3)4)16(18)24-13-14(20)22-17(7,8)23-15(13)21/h9-10H,1-8H3/p+1. The Bertz CT molecular complexity index is 670. The summed E-state index contributed by atoms with van der Waals surface area (Å²) in [6, 6.07) is 0.534. The third kappa shape index (κ3) is 3.43. The second-order valence-corrected chi connectivity index (χ2v) is 9.80. The van der Waals surface area contributed by atoms with Crippen LogP contribution in [0.5, 0.6) is 0 Å². The molecule has 1 aliphatic heterocycles. The van der Waals surface area contributed by atoms with Crippen molar-refractivity contribution < 1.29 is 23.9 Å². The van der Waals surface area contributed by atoms with E-state index in [2.05, 4.69) is 50.7 Å². The molecule has 0 fully saturated rings. The number of rotatable bonds is 4. The monoisotopic (exact) mass is 453 g/mol. The fourth-order valence-electron chi connectivity index (χ4n) is 2.90. The van der Waals surface area contributed by atoms with Crippen molar-refractivity contribution in [2.24, 2.45) is 0 Å². The Hall–Kier alpha value is -1.19. The van der Waals surface area contributed by atoms with E-state index in [0.717, 1.165) is 3.87 Å². The predicted molar refractivity (Wildman–Crippen MR) is 91.2 cm³/mol. The van der Waals surface area contributed by atoms with Gasteiger partial charge in [0, 0.05) is 0 Å². The van der Waals surface area contributed by atoms with Crippen LogP contribution in [0.25, 0.3) is 0 Å². The molecule has 0 radical (unpaired) electrons. The van der Waals surface area contributed by atoms with E-state index in [9.17, 15) is 9.90 Å². The van der Waals surface area contributed by atoms with Gasteiger partial charge in [-0.2, -0.15) is 0 Å². The third-order valence-electron chi connectivity index (χ3n) is 3.95. The fraction of sp³-hybridized carbons (Fsp3) is 0.647. The Kier molecular flexibility index (Phi) is 5.27. The zero-order valence-corrected chi connectivity index (χ0v) is 18.0. The summed E-state index contributed by atoms with van der Waals surface area (Å²) in [4.78, 5) is 12.4. The maximum atomic E-state index is 12.4. The van der Waals surface area contributed by atoms with E-state index in [1.165, 1.54) is 11.4 Å². The molecule has 0 atom stereocenters. The first-order valence-electron chi connectivity index (χ1n) is 8.12. The summed E-state index contributed by atoms with van der Waals surface area (Å²) in [7, 11) is 0. The number of ether oxygens (including phenoxy) is 2. The van der Waals surface area contributed by atoms with Gasteiger partial charge >= 0.3 is 153 Å².